The topological polar surface area (TPSA) is 185 Å². The standard InChI is InChI=1S/C9H7NO6.C9H9NO5/c1-15-9(12)7-3-2-6(16-5-11)4-8(7)10(13)14;1-15-9(12)7-3-2-6(5-11)4-8(7)10(13)14/h2-5H,1H3;2-4,11H,5H2,1H3. The lowest BCUT2D eigenvalue weighted by Gasteiger charge is -2.02. The maximum atomic E-state index is 11.2. The zero-order valence-electron chi connectivity index (χ0n) is 16.2. The van der Waals surface area contributed by atoms with Crippen molar-refractivity contribution in [3.05, 3.63) is 73.3 Å². The van der Waals surface area contributed by atoms with Crippen molar-refractivity contribution in [1.29, 1.82) is 0 Å². The monoisotopic (exact) mass is 436 g/mol. The third-order valence-electron chi connectivity index (χ3n) is 3.60. The highest BCUT2D eigenvalue weighted by Gasteiger charge is 2.22. The Morgan fingerprint density at radius 1 is 0.935 bits per heavy atom. The highest BCUT2D eigenvalue weighted by molar-refractivity contribution is 5.94. The highest BCUT2D eigenvalue weighted by atomic mass is 16.6. The van der Waals surface area contributed by atoms with Crippen LogP contribution in [0.4, 0.5) is 11.4 Å². The molecule has 13 nitrogen and oxygen atoms in total. The predicted octanol–water partition coefficient (Wildman–Crippen LogP) is 1.79. The minimum Gasteiger partial charge on any atom is -0.465 e. The molecule has 0 saturated carbocycles. The molecular weight excluding hydrogens is 420 g/mol. The molecule has 0 saturated heterocycles. The van der Waals surface area contributed by atoms with Gasteiger partial charge in [0.1, 0.15) is 16.9 Å². The summed E-state index contributed by atoms with van der Waals surface area (Å²) in [6.07, 6.45) is 0. The lowest BCUT2D eigenvalue weighted by atomic mass is 10.1. The smallest absolute Gasteiger partial charge is 0.344 e. The van der Waals surface area contributed by atoms with Gasteiger partial charge in [0, 0.05) is 6.07 Å². The number of ether oxygens (including phenoxy) is 3. The zero-order valence-corrected chi connectivity index (χ0v) is 16.2. The normalized spacial score (nSPS) is 9.52. The van der Waals surface area contributed by atoms with Gasteiger partial charge in [0.05, 0.1) is 36.7 Å². The van der Waals surface area contributed by atoms with Gasteiger partial charge in [0.25, 0.3) is 17.8 Å². The molecule has 0 atom stereocenters. The van der Waals surface area contributed by atoms with Crippen molar-refractivity contribution >= 4 is 29.8 Å². The van der Waals surface area contributed by atoms with Crippen molar-refractivity contribution in [1.82, 2.24) is 0 Å². The molecule has 13 heteroatoms. The summed E-state index contributed by atoms with van der Waals surface area (Å²) in [5, 5.41) is 30.1. The van der Waals surface area contributed by atoms with Crippen molar-refractivity contribution < 1.29 is 43.5 Å². The maximum Gasteiger partial charge on any atom is 0.344 e. The van der Waals surface area contributed by atoms with Crippen LogP contribution in [0.1, 0.15) is 26.3 Å². The minimum atomic E-state index is -0.829. The van der Waals surface area contributed by atoms with Crippen LogP contribution in [0.15, 0.2) is 36.4 Å². The first-order valence-corrected chi connectivity index (χ1v) is 8.13. The number of nitro groups is 2. The van der Waals surface area contributed by atoms with Gasteiger partial charge in [-0.25, -0.2) is 9.59 Å². The van der Waals surface area contributed by atoms with E-state index >= 15 is 0 Å². The van der Waals surface area contributed by atoms with E-state index in [1.807, 2.05) is 0 Å². The van der Waals surface area contributed by atoms with Gasteiger partial charge in [-0.05, 0) is 23.8 Å². The molecule has 0 fully saturated rings. The largest absolute Gasteiger partial charge is 0.465 e. The second-order valence-corrected chi connectivity index (χ2v) is 5.40. The van der Waals surface area contributed by atoms with Crippen molar-refractivity contribution in [2.24, 2.45) is 0 Å². The number of aliphatic hydroxyl groups is 1. The van der Waals surface area contributed by atoms with Gasteiger partial charge in [-0.2, -0.15) is 0 Å². The Morgan fingerprint density at radius 3 is 1.84 bits per heavy atom. The lowest BCUT2D eigenvalue weighted by Crippen LogP contribution is -2.06. The molecular formula is C18H16N2O11. The molecule has 2 aromatic carbocycles. The summed E-state index contributed by atoms with van der Waals surface area (Å²) >= 11 is 0. The first kappa shape index (κ1) is 24.6. The number of benzene rings is 2. The number of methoxy groups -OCH3 is 2. The third kappa shape index (κ3) is 6.57. The summed E-state index contributed by atoms with van der Waals surface area (Å²) in [6.45, 7) is -0.181. The first-order chi connectivity index (χ1) is 14.7. The predicted molar refractivity (Wildman–Crippen MR) is 101 cm³/mol. The number of carbonyl (C=O) groups is 3. The van der Waals surface area contributed by atoms with Crippen molar-refractivity contribution in [2.75, 3.05) is 14.2 Å². The summed E-state index contributed by atoms with van der Waals surface area (Å²) < 4.78 is 13.2. The molecule has 2 aromatic rings. The Hall–Kier alpha value is -4.39. The second kappa shape index (κ2) is 11.6. The second-order valence-electron chi connectivity index (χ2n) is 5.40. The molecule has 0 aliphatic rings. The van der Waals surface area contributed by atoms with E-state index in [2.05, 4.69) is 14.2 Å². The summed E-state index contributed by atoms with van der Waals surface area (Å²) in [6, 6.07) is 7.22. The molecule has 0 radical (unpaired) electrons. The average molecular weight is 436 g/mol. The van der Waals surface area contributed by atoms with Crippen LogP contribution in [0.2, 0.25) is 0 Å². The fraction of sp³-hybridized carbons (Fsp3) is 0.167. The molecule has 0 amide bonds. The van der Waals surface area contributed by atoms with Crippen LogP contribution in [-0.2, 0) is 20.9 Å². The van der Waals surface area contributed by atoms with E-state index in [0.29, 0.717) is 5.56 Å². The number of rotatable bonds is 7. The molecule has 0 aliphatic heterocycles. The summed E-state index contributed by atoms with van der Waals surface area (Å²) in [5.74, 6) is -1.62. The summed E-state index contributed by atoms with van der Waals surface area (Å²) in [7, 11) is 2.26. The number of carbonyl (C=O) groups excluding carboxylic acids is 3. The number of esters is 2. The Kier molecular flexibility index (Phi) is 9.20. The number of nitrogens with zero attached hydrogens (tertiary/aromatic N) is 2. The number of hydrogen-bond acceptors (Lipinski definition) is 11. The van der Waals surface area contributed by atoms with Gasteiger partial charge in [0.2, 0.25) is 0 Å². The molecule has 0 heterocycles. The molecule has 0 spiro atoms. The van der Waals surface area contributed by atoms with E-state index in [4.69, 9.17) is 5.11 Å². The number of aliphatic hydroxyl groups excluding tert-OH is 1. The van der Waals surface area contributed by atoms with Crippen LogP contribution in [-0.4, -0.2) is 47.6 Å². The van der Waals surface area contributed by atoms with Gasteiger partial charge >= 0.3 is 11.9 Å². The van der Waals surface area contributed by atoms with Crippen LogP contribution in [0, 0.1) is 20.2 Å². The van der Waals surface area contributed by atoms with Crippen molar-refractivity contribution in [3.63, 3.8) is 0 Å². The van der Waals surface area contributed by atoms with Gasteiger partial charge in [0.15, 0.2) is 0 Å². The van der Waals surface area contributed by atoms with Gasteiger partial charge in [-0.1, -0.05) is 6.07 Å². The van der Waals surface area contributed by atoms with E-state index in [9.17, 15) is 34.6 Å². The molecule has 0 bridgehead atoms. The molecule has 0 unspecified atom stereocenters. The molecule has 1 N–H and O–H groups in total. The van der Waals surface area contributed by atoms with Crippen LogP contribution < -0.4 is 4.74 Å². The van der Waals surface area contributed by atoms with Gasteiger partial charge in [-0.15, -0.1) is 0 Å². The molecule has 31 heavy (non-hydrogen) atoms. The lowest BCUT2D eigenvalue weighted by molar-refractivity contribution is -0.385. The average Bonchev–Trinajstić information content (AvgIpc) is 2.78. The Labute approximate surface area is 174 Å². The van der Waals surface area contributed by atoms with E-state index < -0.39 is 27.5 Å². The maximum absolute atomic E-state index is 11.2. The highest BCUT2D eigenvalue weighted by Crippen LogP contribution is 2.25. The van der Waals surface area contributed by atoms with Crippen molar-refractivity contribution in [2.45, 2.75) is 6.61 Å². The Morgan fingerprint density at radius 2 is 1.42 bits per heavy atom. The van der Waals surface area contributed by atoms with Crippen LogP contribution in [0.25, 0.3) is 0 Å². The van der Waals surface area contributed by atoms with Crippen molar-refractivity contribution in [3.8, 4) is 5.75 Å². The number of hydrogen-bond donors (Lipinski definition) is 1. The Balaban J connectivity index is 0.000000311. The fourth-order valence-electron chi connectivity index (χ4n) is 2.18. The van der Waals surface area contributed by atoms with E-state index in [-0.39, 0.29) is 35.6 Å². The van der Waals surface area contributed by atoms with Gasteiger partial charge in [-0.3, -0.25) is 25.0 Å². The number of nitro benzene ring substituents is 2. The zero-order chi connectivity index (χ0) is 23.6. The quantitative estimate of drug-likeness (QED) is 0.288. The molecule has 164 valence electrons. The molecule has 0 aromatic heterocycles. The van der Waals surface area contributed by atoms with E-state index in [1.165, 1.54) is 18.2 Å². The summed E-state index contributed by atoms with van der Waals surface area (Å²) in [5.41, 5.74) is -0.806. The van der Waals surface area contributed by atoms with Gasteiger partial charge < -0.3 is 19.3 Å². The van der Waals surface area contributed by atoms with E-state index in [1.54, 1.807) is 0 Å². The van der Waals surface area contributed by atoms with Crippen LogP contribution in [0.3, 0.4) is 0 Å². The Bertz CT molecular complexity index is 1000. The third-order valence-corrected chi connectivity index (χ3v) is 3.60. The first-order valence-electron chi connectivity index (χ1n) is 8.13. The van der Waals surface area contributed by atoms with Crippen LogP contribution >= 0.6 is 0 Å². The van der Waals surface area contributed by atoms with Crippen LogP contribution in [0.5, 0.6) is 5.75 Å². The molecule has 0 aliphatic carbocycles. The SMILES string of the molecule is COC(=O)c1ccc(CO)cc1[N+](=O)[O-].COC(=O)c1ccc(OC=O)cc1[N+](=O)[O-]. The summed E-state index contributed by atoms with van der Waals surface area (Å²) in [4.78, 5) is 52.2. The molecule has 2 rings (SSSR count). The minimum absolute atomic E-state index is 0.0191. The fourth-order valence-corrected chi connectivity index (χ4v) is 2.18. The van der Waals surface area contributed by atoms with E-state index in [0.717, 1.165) is 32.4 Å².